The molecule has 15 heavy (non-hydrogen) atoms. The van der Waals surface area contributed by atoms with Crippen LogP contribution in [0.5, 0.6) is 0 Å². The number of nitrogen functional groups attached to an aromatic ring is 1. The first-order chi connectivity index (χ1) is 7.00. The van der Waals surface area contributed by atoms with Crippen LogP contribution in [-0.4, -0.2) is 5.54 Å². The zero-order valence-corrected chi connectivity index (χ0v) is 10.8. The fourth-order valence-corrected chi connectivity index (χ4v) is 2.32. The predicted octanol–water partition coefficient (Wildman–Crippen LogP) is 3.37. The molecule has 0 saturated heterocycles. The number of nitrogens with two attached hydrogens (primary N) is 1. The summed E-state index contributed by atoms with van der Waals surface area (Å²) in [6.45, 7) is 2.14. The van der Waals surface area contributed by atoms with Gasteiger partial charge >= 0.3 is 0 Å². The summed E-state index contributed by atoms with van der Waals surface area (Å²) < 4.78 is 13.9. The van der Waals surface area contributed by atoms with E-state index in [9.17, 15) is 4.39 Å². The van der Waals surface area contributed by atoms with Gasteiger partial charge in [-0.2, -0.15) is 0 Å². The number of hydrogen-bond acceptors (Lipinski definition) is 2. The summed E-state index contributed by atoms with van der Waals surface area (Å²) in [5, 5.41) is 3.32. The van der Waals surface area contributed by atoms with Crippen LogP contribution in [0.4, 0.5) is 15.8 Å². The lowest BCUT2D eigenvalue weighted by atomic mass is 9.78. The first-order valence-corrected chi connectivity index (χ1v) is 6.11. The van der Waals surface area contributed by atoms with E-state index in [-0.39, 0.29) is 11.4 Å². The van der Waals surface area contributed by atoms with Gasteiger partial charge in [-0.05, 0) is 54.8 Å². The van der Waals surface area contributed by atoms with Crippen LogP contribution in [0.15, 0.2) is 12.1 Å². The monoisotopic (exact) mass is 320 g/mol. The second-order valence-electron chi connectivity index (χ2n) is 4.39. The number of rotatable bonds is 2. The number of halogens is 2. The molecular formula is C11H14FIN2. The van der Waals surface area contributed by atoms with Gasteiger partial charge in [0.25, 0.3) is 0 Å². The Balaban J connectivity index is 2.24. The molecule has 0 atom stereocenters. The van der Waals surface area contributed by atoms with Crippen LogP contribution < -0.4 is 11.1 Å². The maximum atomic E-state index is 13.4. The summed E-state index contributed by atoms with van der Waals surface area (Å²) in [5.41, 5.74) is 7.28. The molecule has 0 bridgehead atoms. The lowest BCUT2D eigenvalue weighted by Crippen LogP contribution is -2.41. The molecule has 0 radical (unpaired) electrons. The summed E-state index contributed by atoms with van der Waals surface area (Å²) in [7, 11) is 0. The molecule has 3 N–H and O–H groups in total. The van der Waals surface area contributed by atoms with Crippen molar-refractivity contribution in [3.8, 4) is 0 Å². The van der Waals surface area contributed by atoms with Gasteiger partial charge in [0.1, 0.15) is 5.82 Å². The quantitative estimate of drug-likeness (QED) is 0.648. The summed E-state index contributed by atoms with van der Waals surface area (Å²) in [5.74, 6) is -0.213. The molecular weight excluding hydrogens is 306 g/mol. The Morgan fingerprint density at radius 2 is 2.13 bits per heavy atom. The van der Waals surface area contributed by atoms with E-state index in [0.717, 1.165) is 18.5 Å². The Morgan fingerprint density at radius 1 is 1.47 bits per heavy atom. The highest BCUT2D eigenvalue weighted by molar-refractivity contribution is 14.1. The first-order valence-electron chi connectivity index (χ1n) is 5.03. The van der Waals surface area contributed by atoms with Crippen molar-refractivity contribution in [2.45, 2.75) is 31.7 Å². The van der Waals surface area contributed by atoms with Crippen molar-refractivity contribution in [3.63, 3.8) is 0 Å². The van der Waals surface area contributed by atoms with Crippen LogP contribution in [-0.2, 0) is 0 Å². The maximum absolute atomic E-state index is 13.4. The Labute approximate surface area is 103 Å². The number of anilines is 2. The maximum Gasteiger partial charge on any atom is 0.138 e. The summed E-state index contributed by atoms with van der Waals surface area (Å²) >= 11 is 1.94. The average molecular weight is 320 g/mol. The molecule has 82 valence electrons. The minimum absolute atomic E-state index is 0.105. The number of nitrogens with one attached hydrogen (secondary N) is 1. The van der Waals surface area contributed by atoms with Crippen molar-refractivity contribution in [1.29, 1.82) is 0 Å². The molecule has 0 aromatic heterocycles. The van der Waals surface area contributed by atoms with Gasteiger partial charge in [0.15, 0.2) is 0 Å². The SMILES string of the molecule is CC1(Nc2cc(F)c(I)cc2N)CCC1. The van der Waals surface area contributed by atoms with Crippen LogP contribution in [0, 0.1) is 9.39 Å². The van der Waals surface area contributed by atoms with E-state index in [4.69, 9.17) is 5.73 Å². The molecule has 0 heterocycles. The molecule has 2 rings (SSSR count). The lowest BCUT2D eigenvalue weighted by molar-refractivity contribution is 0.306. The molecule has 1 aromatic rings. The normalized spacial score (nSPS) is 18.3. The zero-order chi connectivity index (χ0) is 11.1. The molecule has 0 unspecified atom stereocenters. The highest BCUT2D eigenvalue weighted by atomic mass is 127. The fourth-order valence-electron chi connectivity index (χ4n) is 1.83. The highest BCUT2D eigenvalue weighted by Crippen LogP contribution is 2.36. The molecule has 1 aliphatic rings. The zero-order valence-electron chi connectivity index (χ0n) is 8.61. The molecule has 2 nitrogen and oxygen atoms in total. The standard InChI is InChI=1S/C11H14FIN2/c1-11(3-2-4-11)15-10-5-7(12)8(13)6-9(10)14/h5-6,15H,2-4,14H2,1H3. The molecule has 4 heteroatoms. The molecule has 1 aliphatic carbocycles. The van der Waals surface area contributed by atoms with Gasteiger partial charge in [-0.25, -0.2) is 4.39 Å². The van der Waals surface area contributed by atoms with E-state index in [1.54, 1.807) is 6.07 Å². The van der Waals surface area contributed by atoms with Crippen molar-refractivity contribution in [2.75, 3.05) is 11.1 Å². The third-order valence-corrected chi connectivity index (χ3v) is 3.81. The largest absolute Gasteiger partial charge is 0.397 e. The molecule has 0 amide bonds. The fraction of sp³-hybridized carbons (Fsp3) is 0.455. The van der Waals surface area contributed by atoms with Crippen molar-refractivity contribution >= 4 is 34.0 Å². The molecule has 0 aliphatic heterocycles. The van der Waals surface area contributed by atoms with Crippen LogP contribution in [0.2, 0.25) is 0 Å². The first kappa shape index (κ1) is 11.0. The summed E-state index contributed by atoms with van der Waals surface area (Å²) in [4.78, 5) is 0. The van der Waals surface area contributed by atoms with E-state index >= 15 is 0 Å². The van der Waals surface area contributed by atoms with E-state index < -0.39 is 0 Å². The van der Waals surface area contributed by atoms with Crippen molar-refractivity contribution in [3.05, 3.63) is 21.5 Å². The van der Waals surface area contributed by atoms with Crippen molar-refractivity contribution in [1.82, 2.24) is 0 Å². The van der Waals surface area contributed by atoms with E-state index in [1.807, 2.05) is 22.6 Å². The second kappa shape index (κ2) is 3.81. The second-order valence-corrected chi connectivity index (χ2v) is 5.55. The van der Waals surface area contributed by atoms with Gasteiger partial charge in [0.05, 0.1) is 14.9 Å². The summed E-state index contributed by atoms with van der Waals surface area (Å²) in [6.07, 6.45) is 3.48. The molecule has 1 fully saturated rings. The van der Waals surface area contributed by atoms with Crippen LogP contribution in [0.25, 0.3) is 0 Å². The Bertz CT molecular complexity index is 388. The Morgan fingerprint density at radius 3 is 2.67 bits per heavy atom. The lowest BCUT2D eigenvalue weighted by Gasteiger charge is -2.40. The van der Waals surface area contributed by atoms with E-state index in [0.29, 0.717) is 9.26 Å². The number of hydrogen-bond donors (Lipinski definition) is 2. The molecule has 0 spiro atoms. The third-order valence-electron chi connectivity index (χ3n) is 2.99. The van der Waals surface area contributed by atoms with Crippen molar-refractivity contribution < 1.29 is 4.39 Å². The van der Waals surface area contributed by atoms with E-state index in [1.165, 1.54) is 12.5 Å². The van der Waals surface area contributed by atoms with E-state index in [2.05, 4.69) is 12.2 Å². The third kappa shape index (κ3) is 2.19. The summed E-state index contributed by atoms with van der Waals surface area (Å²) in [6, 6.07) is 3.15. The van der Waals surface area contributed by atoms with Gasteiger partial charge in [0, 0.05) is 11.6 Å². The topological polar surface area (TPSA) is 38.0 Å². The van der Waals surface area contributed by atoms with Crippen LogP contribution in [0.1, 0.15) is 26.2 Å². The molecule has 1 saturated carbocycles. The van der Waals surface area contributed by atoms with Crippen LogP contribution in [0.3, 0.4) is 0 Å². The molecule has 1 aromatic carbocycles. The average Bonchev–Trinajstić information content (AvgIpc) is 2.11. The highest BCUT2D eigenvalue weighted by Gasteiger charge is 2.31. The Kier molecular flexibility index (Phi) is 2.79. The van der Waals surface area contributed by atoms with Crippen molar-refractivity contribution in [2.24, 2.45) is 0 Å². The minimum atomic E-state index is -0.213. The van der Waals surface area contributed by atoms with Crippen LogP contribution >= 0.6 is 22.6 Å². The Hall–Kier alpha value is -0.520. The predicted molar refractivity (Wildman–Crippen MR) is 69.4 cm³/mol. The van der Waals surface area contributed by atoms with Gasteiger partial charge in [0.2, 0.25) is 0 Å². The van der Waals surface area contributed by atoms with Gasteiger partial charge in [-0.15, -0.1) is 0 Å². The van der Waals surface area contributed by atoms with Gasteiger partial charge in [-0.1, -0.05) is 0 Å². The van der Waals surface area contributed by atoms with Gasteiger partial charge < -0.3 is 11.1 Å². The van der Waals surface area contributed by atoms with Gasteiger partial charge in [-0.3, -0.25) is 0 Å². The minimum Gasteiger partial charge on any atom is -0.397 e. The smallest absolute Gasteiger partial charge is 0.138 e. The number of benzene rings is 1.